The zero-order valence-corrected chi connectivity index (χ0v) is 28.5. The van der Waals surface area contributed by atoms with Gasteiger partial charge in [0, 0.05) is 62.1 Å². The van der Waals surface area contributed by atoms with Crippen molar-refractivity contribution in [1.82, 2.24) is 25.8 Å². The molecule has 20 heteroatoms. The number of nitro benzene ring substituents is 2. The van der Waals surface area contributed by atoms with Crippen LogP contribution in [0, 0.1) is 20.2 Å². The predicted octanol–water partition coefficient (Wildman–Crippen LogP) is 2.08. The number of nitro groups is 2. The fourth-order valence-corrected chi connectivity index (χ4v) is 6.43. The van der Waals surface area contributed by atoms with Gasteiger partial charge in [0.1, 0.15) is 19.8 Å². The first-order valence-corrected chi connectivity index (χ1v) is 16.5. The van der Waals surface area contributed by atoms with E-state index in [-0.39, 0.29) is 59.5 Å². The topological polar surface area (TPSA) is 245 Å². The fraction of sp³-hybridized carbons (Fsp3) is 0.419. The van der Waals surface area contributed by atoms with Gasteiger partial charge in [-0.05, 0) is 55.3 Å². The number of rotatable bonds is 11. The number of thioether (sulfide) groups is 1. The molecular formula is C31H36N8O11S. The molecule has 0 unspecified atom stereocenters. The van der Waals surface area contributed by atoms with Crippen LogP contribution in [-0.4, -0.2) is 105 Å². The molecule has 3 N–H and O–H groups in total. The number of nitrogens with one attached hydrogen (secondary N) is 3. The van der Waals surface area contributed by atoms with Crippen LogP contribution in [0.4, 0.5) is 21.0 Å². The fourth-order valence-electron chi connectivity index (χ4n) is 5.38. The summed E-state index contributed by atoms with van der Waals surface area (Å²) in [5.74, 6) is -1.13. The van der Waals surface area contributed by atoms with Crippen molar-refractivity contribution < 1.29 is 43.3 Å². The van der Waals surface area contributed by atoms with Crippen molar-refractivity contribution in [1.29, 1.82) is 0 Å². The van der Waals surface area contributed by atoms with Crippen LogP contribution in [0.5, 0.6) is 0 Å². The molecule has 2 saturated heterocycles. The largest absolute Gasteiger partial charge is 0.444 e. The van der Waals surface area contributed by atoms with E-state index < -0.39 is 40.4 Å². The number of nitrogens with zero attached hydrogens (tertiary/aromatic N) is 5. The number of carbonyl (C=O) groups excluding carboxylic acids is 5. The third-order valence-electron chi connectivity index (χ3n) is 7.85. The highest BCUT2D eigenvalue weighted by Crippen LogP contribution is 2.28. The van der Waals surface area contributed by atoms with Crippen molar-refractivity contribution in [3.8, 4) is 0 Å². The average molecular weight is 729 g/mol. The third-order valence-corrected chi connectivity index (χ3v) is 8.86. The van der Waals surface area contributed by atoms with Gasteiger partial charge in [0.2, 0.25) is 17.8 Å². The number of ether oxygens (including phenoxy) is 2. The van der Waals surface area contributed by atoms with E-state index in [4.69, 9.17) is 9.47 Å². The van der Waals surface area contributed by atoms with Gasteiger partial charge in [0.05, 0.1) is 15.9 Å². The maximum Gasteiger partial charge on any atom is 0.414 e. The molecule has 2 aromatic carbocycles. The first-order chi connectivity index (χ1) is 24.3. The van der Waals surface area contributed by atoms with Crippen LogP contribution in [0.25, 0.3) is 0 Å². The normalized spacial score (nSPS) is 18.3. The van der Waals surface area contributed by atoms with E-state index in [0.29, 0.717) is 37.1 Å². The Morgan fingerprint density at radius 3 is 1.90 bits per heavy atom. The molecule has 2 aromatic rings. The van der Waals surface area contributed by atoms with Gasteiger partial charge in [-0.2, -0.15) is 0 Å². The number of hydrogen-bond acceptors (Lipinski definition) is 14. The summed E-state index contributed by atoms with van der Waals surface area (Å²) in [4.78, 5) is 90.8. The molecule has 272 valence electrons. The number of non-ortho nitro benzene ring substituents is 2. The quantitative estimate of drug-likeness (QED) is 0.130. The summed E-state index contributed by atoms with van der Waals surface area (Å²) >= 11 is 1.23. The molecule has 2 fully saturated rings. The van der Waals surface area contributed by atoms with Gasteiger partial charge < -0.3 is 19.7 Å². The standard InChI is InChI=1S/C31H36N8O11S/c1-19(40)51-25-13-26(36(2)16-25)28(42)37-12-11-22(15-37)33-27(41)14-32-29(34-30(43)49-17-20-3-7-23(8-4-20)38(45)46)35-31(44)50-18-21-5-9-24(10-6-21)39(47)48/h3-10,22,25-26H,11-18H2,1-2H3,(H,33,41)(H2,32,34,35,43,44)/t22-,25-,26-/m0/s1. The Labute approximate surface area is 295 Å². The maximum absolute atomic E-state index is 13.2. The molecule has 0 radical (unpaired) electrons. The van der Waals surface area contributed by atoms with Crippen LogP contribution in [-0.2, 0) is 37.1 Å². The molecule has 0 aliphatic carbocycles. The lowest BCUT2D eigenvalue weighted by Gasteiger charge is -2.25. The van der Waals surface area contributed by atoms with Crippen molar-refractivity contribution in [2.75, 3.05) is 33.2 Å². The summed E-state index contributed by atoms with van der Waals surface area (Å²) in [6.45, 7) is 1.71. The molecule has 2 heterocycles. The number of benzene rings is 2. The lowest BCUT2D eigenvalue weighted by Crippen LogP contribution is -2.46. The van der Waals surface area contributed by atoms with Crippen molar-refractivity contribution >= 4 is 58.2 Å². The summed E-state index contributed by atoms with van der Waals surface area (Å²) < 4.78 is 10.2. The number of aliphatic imine (C=N–C) groups is 1. The Bertz CT molecular complexity index is 1590. The second kappa shape index (κ2) is 17.9. The molecule has 0 bridgehead atoms. The lowest BCUT2D eigenvalue weighted by molar-refractivity contribution is -0.385. The third kappa shape index (κ3) is 11.7. The number of carbonyl (C=O) groups is 5. The average Bonchev–Trinajstić information content (AvgIpc) is 3.70. The zero-order chi connectivity index (χ0) is 37.1. The van der Waals surface area contributed by atoms with Crippen LogP contribution in [0.3, 0.4) is 0 Å². The van der Waals surface area contributed by atoms with Gasteiger partial charge in [-0.1, -0.05) is 11.8 Å². The Morgan fingerprint density at radius 2 is 1.41 bits per heavy atom. The summed E-state index contributed by atoms with van der Waals surface area (Å²) in [6.07, 6.45) is -1.10. The molecule has 3 atom stereocenters. The molecule has 19 nitrogen and oxygen atoms in total. The lowest BCUT2D eigenvalue weighted by atomic mass is 10.2. The SMILES string of the molecule is CC(=O)S[C@H]1C[C@@H](C(=O)N2CC[C@H](NC(=O)CN=C(NC(=O)OCc3ccc([N+](=O)[O-])cc3)NC(=O)OCc3ccc([N+](=O)[O-])cc3)C2)N(C)C1. The van der Waals surface area contributed by atoms with Gasteiger partial charge in [-0.15, -0.1) is 0 Å². The first-order valence-electron chi connectivity index (χ1n) is 15.6. The molecule has 2 aliphatic heterocycles. The van der Waals surface area contributed by atoms with Crippen molar-refractivity contribution in [2.45, 2.75) is 50.3 Å². The van der Waals surface area contributed by atoms with E-state index >= 15 is 0 Å². The summed E-state index contributed by atoms with van der Waals surface area (Å²) in [5.41, 5.74) is 0.568. The minimum Gasteiger partial charge on any atom is -0.444 e. The zero-order valence-electron chi connectivity index (χ0n) is 27.6. The second-order valence-corrected chi connectivity index (χ2v) is 13.2. The van der Waals surface area contributed by atoms with Gasteiger partial charge in [0.25, 0.3) is 11.4 Å². The predicted molar refractivity (Wildman–Crippen MR) is 181 cm³/mol. The second-order valence-electron chi connectivity index (χ2n) is 11.7. The molecule has 0 aromatic heterocycles. The van der Waals surface area contributed by atoms with Gasteiger partial charge in [0.15, 0.2) is 5.12 Å². The summed E-state index contributed by atoms with van der Waals surface area (Å²) in [7, 11) is 1.84. The molecule has 2 aliphatic rings. The van der Waals surface area contributed by atoms with E-state index in [9.17, 15) is 44.2 Å². The highest BCUT2D eigenvalue weighted by molar-refractivity contribution is 8.14. The van der Waals surface area contributed by atoms with Crippen LogP contribution >= 0.6 is 11.8 Å². The van der Waals surface area contributed by atoms with Gasteiger partial charge >= 0.3 is 12.2 Å². The number of likely N-dealkylation sites (tertiary alicyclic amines) is 2. The van der Waals surface area contributed by atoms with E-state index in [1.165, 1.54) is 67.2 Å². The number of amides is 4. The van der Waals surface area contributed by atoms with Crippen molar-refractivity contribution in [3.05, 3.63) is 79.9 Å². The van der Waals surface area contributed by atoms with E-state index in [1.54, 1.807) is 4.90 Å². The van der Waals surface area contributed by atoms with Gasteiger partial charge in [-0.3, -0.25) is 50.1 Å². The Morgan fingerprint density at radius 1 is 0.882 bits per heavy atom. The van der Waals surface area contributed by atoms with Crippen molar-refractivity contribution in [2.24, 2.45) is 4.99 Å². The highest BCUT2D eigenvalue weighted by Gasteiger charge is 2.39. The smallest absolute Gasteiger partial charge is 0.414 e. The van der Waals surface area contributed by atoms with Gasteiger partial charge in [-0.25, -0.2) is 14.6 Å². The number of hydrogen-bond donors (Lipinski definition) is 3. The highest BCUT2D eigenvalue weighted by atomic mass is 32.2. The molecule has 4 amide bonds. The number of alkyl carbamates (subject to hydrolysis) is 2. The van der Waals surface area contributed by atoms with Crippen LogP contribution in [0.2, 0.25) is 0 Å². The molecular weight excluding hydrogens is 692 g/mol. The minimum atomic E-state index is -1.08. The molecule has 0 saturated carbocycles. The Hall–Kier alpha value is -5.63. The Balaban J connectivity index is 1.32. The number of guanidine groups is 1. The number of likely N-dealkylation sites (N-methyl/N-ethyl adjacent to an activating group) is 1. The molecule has 4 rings (SSSR count). The van der Waals surface area contributed by atoms with E-state index in [0.717, 1.165) is 0 Å². The van der Waals surface area contributed by atoms with Crippen LogP contribution in [0.15, 0.2) is 53.5 Å². The Kier molecular flexibility index (Phi) is 13.4. The summed E-state index contributed by atoms with van der Waals surface area (Å²) in [5, 5.41) is 29.0. The monoisotopic (exact) mass is 728 g/mol. The summed E-state index contributed by atoms with van der Waals surface area (Å²) in [6, 6.07) is 9.81. The van der Waals surface area contributed by atoms with Crippen LogP contribution < -0.4 is 16.0 Å². The van der Waals surface area contributed by atoms with Crippen molar-refractivity contribution in [3.63, 3.8) is 0 Å². The molecule has 0 spiro atoms. The first kappa shape index (κ1) is 38.2. The van der Waals surface area contributed by atoms with E-state index in [1.807, 2.05) is 11.9 Å². The minimum absolute atomic E-state index is 0.0000521. The van der Waals surface area contributed by atoms with Crippen LogP contribution in [0.1, 0.15) is 30.9 Å². The molecule has 51 heavy (non-hydrogen) atoms. The maximum atomic E-state index is 13.2. The van der Waals surface area contributed by atoms with E-state index in [2.05, 4.69) is 20.9 Å².